The molecule has 2 heterocycles. The Labute approximate surface area is 131 Å². The molecule has 1 fully saturated rings. The summed E-state index contributed by atoms with van der Waals surface area (Å²) in [6.45, 7) is 2.90. The molecule has 0 spiro atoms. The second kappa shape index (κ2) is 9.09. The van der Waals surface area contributed by atoms with Crippen LogP contribution >= 0.6 is 0 Å². The molecule has 2 rings (SSSR count). The van der Waals surface area contributed by atoms with Gasteiger partial charge in [0, 0.05) is 18.9 Å². The summed E-state index contributed by atoms with van der Waals surface area (Å²) < 4.78 is 31.7. The van der Waals surface area contributed by atoms with Crippen molar-refractivity contribution < 1.29 is 27.9 Å². The fourth-order valence-electron chi connectivity index (χ4n) is 1.92. The van der Waals surface area contributed by atoms with Gasteiger partial charge < -0.3 is 15.7 Å². The number of amides is 1. The van der Waals surface area contributed by atoms with Crippen molar-refractivity contribution >= 4 is 11.9 Å². The highest BCUT2D eigenvalue weighted by Gasteiger charge is 2.38. The summed E-state index contributed by atoms with van der Waals surface area (Å²) in [5.74, 6) is -2.17. The van der Waals surface area contributed by atoms with E-state index in [1.807, 2.05) is 0 Å². The van der Waals surface area contributed by atoms with Crippen molar-refractivity contribution in [2.45, 2.75) is 19.0 Å². The van der Waals surface area contributed by atoms with Crippen LogP contribution in [0.3, 0.4) is 0 Å². The van der Waals surface area contributed by atoms with Crippen molar-refractivity contribution in [2.75, 3.05) is 19.6 Å². The number of alkyl halides is 3. The number of hydrogen-bond donors (Lipinski definition) is 3. The van der Waals surface area contributed by atoms with Gasteiger partial charge in [0.25, 0.3) is 5.91 Å². The molecule has 0 bridgehead atoms. The monoisotopic (exact) mass is 333 g/mol. The number of nitrogens with zero attached hydrogens (tertiary/aromatic N) is 1. The lowest BCUT2D eigenvalue weighted by molar-refractivity contribution is -0.192. The van der Waals surface area contributed by atoms with Crippen LogP contribution in [0.2, 0.25) is 0 Å². The second-order valence-electron chi connectivity index (χ2n) is 4.95. The highest BCUT2D eigenvalue weighted by molar-refractivity contribution is 5.93. The van der Waals surface area contributed by atoms with Gasteiger partial charge in [0.1, 0.15) is 0 Å². The third kappa shape index (κ3) is 7.59. The molecule has 0 radical (unpaired) electrons. The van der Waals surface area contributed by atoms with Gasteiger partial charge in [0.05, 0.1) is 5.56 Å². The van der Waals surface area contributed by atoms with Crippen LogP contribution in [-0.2, 0) is 4.79 Å². The lowest BCUT2D eigenvalue weighted by Crippen LogP contribution is -2.35. The first kappa shape index (κ1) is 18.9. The van der Waals surface area contributed by atoms with Crippen LogP contribution in [0.25, 0.3) is 0 Å². The maximum Gasteiger partial charge on any atom is 0.490 e. The number of carbonyl (C=O) groups excluding carboxylic acids is 1. The highest BCUT2D eigenvalue weighted by Crippen LogP contribution is 2.13. The van der Waals surface area contributed by atoms with Crippen LogP contribution in [-0.4, -0.2) is 47.8 Å². The number of rotatable bonds is 3. The lowest BCUT2D eigenvalue weighted by atomic mass is 9.98. The molecule has 128 valence electrons. The number of aromatic nitrogens is 1. The summed E-state index contributed by atoms with van der Waals surface area (Å²) in [6, 6.07) is 3.56. The quantitative estimate of drug-likeness (QED) is 0.779. The Balaban J connectivity index is 0.000000322. The normalized spacial score (nSPS) is 15.3. The summed E-state index contributed by atoms with van der Waals surface area (Å²) in [6.07, 6.45) is 0.474. The SMILES string of the molecule is O=C(NCC1CCNCC1)c1cccnc1.O=C(O)C(F)(F)F. The zero-order valence-corrected chi connectivity index (χ0v) is 12.3. The summed E-state index contributed by atoms with van der Waals surface area (Å²) in [7, 11) is 0. The molecule has 1 amide bonds. The minimum absolute atomic E-state index is 0.0216. The van der Waals surface area contributed by atoms with Crippen LogP contribution in [0.15, 0.2) is 24.5 Å². The smallest absolute Gasteiger partial charge is 0.475 e. The van der Waals surface area contributed by atoms with Crippen molar-refractivity contribution in [1.82, 2.24) is 15.6 Å². The molecule has 1 saturated heterocycles. The number of nitrogens with one attached hydrogen (secondary N) is 2. The third-order valence-corrected chi connectivity index (χ3v) is 3.18. The first-order valence-electron chi connectivity index (χ1n) is 6.99. The molecule has 9 heteroatoms. The van der Waals surface area contributed by atoms with Gasteiger partial charge in [-0.15, -0.1) is 0 Å². The van der Waals surface area contributed by atoms with E-state index >= 15 is 0 Å². The van der Waals surface area contributed by atoms with E-state index in [1.165, 1.54) is 0 Å². The number of aliphatic carboxylic acids is 1. The Morgan fingerprint density at radius 2 is 1.96 bits per heavy atom. The number of halogens is 3. The average Bonchev–Trinajstić information content (AvgIpc) is 2.54. The average molecular weight is 333 g/mol. The van der Waals surface area contributed by atoms with Crippen molar-refractivity contribution in [3.63, 3.8) is 0 Å². The fourth-order valence-corrected chi connectivity index (χ4v) is 1.92. The number of piperidine rings is 1. The molecule has 1 aliphatic rings. The van der Waals surface area contributed by atoms with Gasteiger partial charge in [-0.3, -0.25) is 9.78 Å². The topological polar surface area (TPSA) is 91.3 Å². The van der Waals surface area contributed by atoms with E-state index in [0.29, 0.717) is 11.5 Å². The van der Waals surface area contributed by atoms with E-state index < -0.39 is 12.1 Å². The number of carbonyl (C=O) groups is 2. The first-order chi connectivity index (χ1) is 10.8. The van der Waals surface area contributed by atoms with Gasteiger partial charge in [-0.1, -0.05) is 0 Å². The van der Waals surface area contributed by atoms with Gasteiger partial charge >= 0.3 is 12.1 Å². The molecule has 0 aromatic carbocycles. The number of carboxylic acid groups (broad SMARTS) is 1. The molecule has 1 aromatic heterocycles. The van der Waals surface area contributed by atoms with E-state index in [9.17, 15) is 18.0 Å². The van der Waals surface area contributed by atoms with Gasteiger partial charge in [-0.05, 0) is 44.0 Å². The predicted octanol–water partition coefficient (Wildman–Crippen LogP) is 1.44. The highest BCUT2D eigenvalue weighted by atomic mass is 19.4. The van der Waals surface area contributed by atoms with Crippen LogP contribution in [0.4, 0.5) is 13.2 Å². The molecule has 0 unspecified atom stereocenters. The van der Waals surface area contributed by atoms with Crippen LogP contribution in [0.5, 0.6) is 0 Å². The van der Waals surface area contributed by atoms with E-state index in [4.69, 9.17) is 9.90 Å². The lowest BCUT2D eigenvalue weighted by Gasteiger charge is -2.22. The van der Waals surface area contributed by atoms with Crippen molar-refractivity contribution in [2.24, 2.45) is 5.92 Å². The summed E-state index contributed by atoms with van der Waals surface area (Å²) in [5, 5.41) is 13.4. The Morgan fingerprint density at radius 1 is 1.35 bits per heavy atom. The number of pyridine rings is 1. The minimum Gasteiger partial charge on any atom is -0.475 e. The van der Waals surface area contributed by atoms with Crippen molar-refractivity contribution in [3.05, 3.63) is 30.1 Å². The standard InChI is InChI=1S/C12H17N3O.C2HF3O2/c16-12(11-2-1-5-14-9-11)15-8-10-3-6-13-7-4-10;3-2(4,5)1(6)7/h1-2,5,9-10,13H,3-4,6-8H2,(H,15,16);(H,6,7). The number of carboxylic acids is 1. The Kier molecular flexibility index (Phi) is 7.46. The zero-order chi connectivity index (χ0) is 17.3. The van der Waals surface area contributed by atoms with Gasteiger partial charge in [-0.2, -0.15) is 13.2 Å². The maximum atomic E-state index is 11.7. The molecular weight excluding hydrogens is 315 g/mol. The molecule has 23 heavy (non-hydrogen) atoms. The Bertz CT molecular complexity index is 503. The Hall–Kier alpha value is -2.16. The van der Waals surface area contributed by atoms with Crippen LogP contribution in [0.1, 0.15) is 23.2 Å². The maximum absolute atomic E-state index is 11.7. The molecule has 3 N–H and O–H groups in total. The van der Waals surface area contributed by atoms with E-state index in [0.717, 1.165) is 32.5 Å². The molecule has 1 aromatic rings. The summed E-state index contributed by atoms with van der Waals surface area (Å²) in [4.78, 5) is 24.5. The Morgan fingerprint density at radius 3 is 2.43 bits per heavy atom. The summed E-state index contributed by atoms with van der Waals surface area (Å²) >= 11 is 0. The fraction of sp³-hybridized carbons (Fsp3) is 0.500. The minimum atomic E-state index is -5.08. The predicted molar refractivity (Wildman–Crippen MR) is 75.9 cm³/mol. The largest absolute Gasteiger partial charge is 0.490 e. The molecule has 0 aliphatic carbocycles. The molecule has 0 atom stereocenters. The van der Waals surface area contributed by atoms with Crippen LogP contribution < -0.4 is 10.6 Å². The summed E-state index contributed by atoms with van der Waals surface area (Å²) in [5.41, 5.74) is 0.636. The van der Waals surface area contributed by atoms with Crippen LogP contribution in [0, 0.1) is 5.92 Å². The second-order valence-corrected chi connectivity index (χ2v) is 4.95. The van der Waals surface area contributed by atoms with E-state index in [2.05, 4.69) is 15.6 Å². The molecular formula is C14H18F3N3O3. The van der Waals surface area contributed by atoms with E-state index in [-0.39, 0.29) is 5.91 Å². The third-order valence-electron chi connectivity index (χ3n) is 3.18. The van der Waals surface area contributed by atoms with Gasteiger partial charge in [-0.25, -0.2) is 4.79 Å². The number of hydrogen-bond acceptors (Lipinski definition) is 4. The van der Waals surface area contributed by atoms with Gasteiger partial charge in [0.2, 0.25) is 0 Å². The van der Waals surface area contributed by atoms with Crippen molar-refractivity contribution in [3.8, 4) is 0 Å². The van der Waals surface area contributed by atoms with Crippen molar-refractivity contribution in [1.29, 1.82) is 0 Å². The van der Waals surface area contributed by atoms with E-state index in [1.54, 1.807) is 24.5 Å². The van der Waals surface area contributed by atoms with Gasteiger partial charge in [0.15, 0.2) is 0 Å². The molecule has 0 saturated carbocycles. The molecule has 1 aliphatic heterocycles. The first-order valence-corrected chi connectivity index (χ1v) is 6.99. The molecule has 6 nitrogen and oxygen atoms in total. The zero-order valence-electron chi connectivity index (χ0n) is 12.3.